The predicted molar refractivity (Wildman–Crippen MR) is 120 cm³/mol. The van der Waals surface area contributed by atoms with Gasteiger partial charge in [-0.15, -0.1) is 0 Å². The molecule has 148 valence electrons. The highest BCUT2D eigenvalue weighted by atomic mass is 35.5. The molecule has 1 amide bonds. The monoisotopic (exact) mass is 475 g/mol. The molecule has 0 spiro atoms. The molecular weight excluding hydrogens is 461 g/mol. The molecule has 2 N–H and O–H groups in total. The van der Waals surface area contributed by atoms with Crippen molar-refractivity contribution in [2.45, 2.75) is 12.5 Å². The predicted octanol–water partition coefficient (Wildman–Crippen LogP) is 5.98. The van der Waals surface area contributed by atoms with Crippen molar-refractivity contribution in [3.8, 4) is 11.3 Å². The number of amides is 1. The van der Waals surface area contributed by atoms with Crippen molar-refractivity contribution in [1.82, 2.24) is 4.90 Å². The molecule has 1 aromatic heterocycles. The molecule has 4 rings (SSSR count). The van der Waals surface area contributed by atoms with Crippen LogP contribution < -0.4 is 0 Å². The van der Waals surface area contributed by atoms with Crippen LogP contribution in [0.4, 0.5) is 0 Å². The largest absolute Gasteiger partial charge is 0.457 e. The van der Waals surface area contributed by atoms with Gasteiger partial charge in [0, 0.05) is 22.4 Å². The molecule has 1 atom stereocenters. The Balaban J connectivity index is 1.57. The van der Waals surface area contributed by atoms with Crippen LogP contribution in [0.15, 0.2) is 39.7 Å². The second-order valence-corrected chi connectivity index (χ2v) is 11.4. The molecular formula is C18H15Cl2NO4S3. The van der Waals surface area contributed by atoms with Gasteiger partial charge >= 0.3 is 0 Å². The third-order valence-electron chi connectivity index (χ3n) is 4.52. The standard InChI is InChI=1S/C18H15Cl2NO4S3/c19-10-1-3-14(20)13(7-10)15-4-2-12(25-15)8-16-17(22)21(18(26)27-16)11-5-6-28(23,24)9-11/h1-4,7-8,11,23-24H,5-6,9H2/b16-8+. The smallest absolute Gasteiger partial charge is 0.266 e. The number of thioether (sulfide) groups is 1. The Morgan fingerprint density at radius 2 is 2.07 bits per heavy atom. The van der Waals surface area contributed by atoms with Gasteiger partial charge in [-0.2, -0.15) is 10.6 Å². The zero-order valence-electron chi connectivity index (χ0n) is 14.3. The zero-order chi connectivity index (χ0) is 20.1. The van der Waals surface area contributed by atoms with E-state index >= 15 is 0 Å². The van der Waals surface area contributed by atoms with Gasteiger partial charge in [0.25, 0.3) is 5.91 Å². The van der Waals surface area contributed by atoms with Gasteiger partial charge in [-0.1, -0.05) is 47.2 Å². The number of rotatable bonds is 3. The summed E-state index contributed by atoms with van der Waals surface area (Å²) in [5.41, 5.74) is 0.664. The molecule has 0 bridgehead atoms. The van der Waals surface area contributed by atoms with Gasteiger partial charge in [0.15, 0.2) is 0 Å². The van der Waals surface area contributed by atoms with E-state index < -0.39 is 10.6 Å². The summed E-state index contributed by atoms with van der Waals surface area (Å²) in [5, 5.41) is 1.05. The van der Waals surface area contributed by atoms with Crippen molar-refractivity contribution in [3.63, 3.8) is 0 Å². The van der Waals surface area contributed by atoms with Gasteiger partial charge in [0.2, 0.25) is 0 Å². The maximum Gasteiger partial charge on any atom is 0.266 e. The van der Waals surface area contributed by atoms with E-state index in [1.807, 2.05) is 0 Å². The van der Waals surface area contributed by atoms with Gasteiger partial charge in [0.1, 0.15) is 15.8 Å². The zero-order valence-corrected chi connectivity index (χ0v) is 18.3. The minimum absolute atomic E-state index is 0.172. The first-order chi connectivity index (χ1) is 13.2. The summed E-state index contributed by atoms with van der Waals surface area (Å²) in [6, 6.07) is 8.33. The second-order valence-electron chi connectivity index (χ2n) is 6.49. The van der Waals surface area contributed by atoms with Crippen LogP contribution in [-0.4, -0.2) is 41.8 Å². The quantitative estimate of drug-likeness (QED) is 0.420. The van der Waals surface area contributed by atoms with E-state index in [4.69, 9.17) is 39.8 Å². The second kappa shape index (κ2) is 7.68. The van der Waals surface area contributed by atoms with Crippen LogP contribution in [0, 0.1) is 0 Å². The Labute approximate surface area is 183 Å². The molecule has 28 heavy (non-hydrogen) atoms. The molecule has 10 heteroatoms. The lowest BCUT2D eigenvalue weighted by Crippen LogP contribution is -2.39. The fourth-order valence-corrected chi connectivity index (χ4v) is 6.70. The first kappa shape index (κ1) is 20.3. The summed E-state index contributed by atoms with van der Waals surface area (Å²) in [4.78, 5) is 14.7. The SMILES string of the molecule is O=C1/C(=C\c2ccc(-c3cc(Cl)ccc3Cl)o2)SC(=S)N1C1CCS(O)(O)C1. The molecule has 0 saturated carbocycles. The minimum atomic E-state index is -2.62. The average Bonchev–Trinajstić information content (AvgIpc) is 3.29. The number of carbonyl (C=O) groups excluding carboxylic acids is 1. The number of benzene rings is 1. The topological polar surface area (TPSA) is 73.9 Å². The van der Waals surface area contributed by atoms with E-state index in [9.17, 15) is 13.9 Å². The highest BCUT2D eigenvalue weighted by molar-refractivity contribution is 8.27. The first-order valence-electron chi connectivity index (χ1n) is 8.29. The lowest BCUT2D eigenvalue weighted by atomic mass is 10.2. The third-order valence-corrected chi connectivity index (χ3v) is 8.22. The van der Waals surface area contributed by atoms with Crippen molar-refractivity contribution >= 4 is 74.1 Å². The Morgan fingerprint density at radius 3 is 2.79 bits per heavy atom. The summed E-state index contributed by atoms with van der Waals surface area (Å²) >= 11 is 18.8. The molecule has 2 fully saturated rings. The number of hydrogen-bond donors (Lipinski definition) is 2. The fourth-order valence-electron chi connectivity index (χ4n) is 3.19. The van der Waals surface area contributed by atoms with Crippen LogP contribution in [0.5, 0.6) is 0 Å². The van der Waals surface area contributed by atoms with E-state index in [2.05, 4.69) is 0 Å². The Bertz CT molecular complexity index is 1000. The van der Waals surface area contributed by atoms with Gasteiger partial charge < -0.3 is 4.42 Å². The Kier molecular flexibility index (Phi) is 5.56. The molecule has 2 aliphatic heterocycles. The number of halogens is 2. The van der Waals surface area contributed by atoms with Crippen molar-refractivity contribution in [1.29, 1.82) is 0 Å². The molecule has 2 aromatic rings. The molecule has 5 nitrogen and oxygen atoms in total. The first-order valence-corrected chi connectivity index (χ1v) is 12.2. The Hall–Kier alpha value is -1.000. The fraction of sp³-hybridized carbons (Fsp3) is 0.222. The van der Waals surface area contributed by atoms with E-state index in [0.29, 0.717) is 48.5 Å². The maximum atomic E-state index is 12.8. The molecule has 3 heterocycles. The minimum Gasteiger partial charge on any atom is -0.457 e. The molecule has 0 radical (unpaired) electrons. The normalized spacial score (nSPS) is 24.4. The average molecular weight is 476 g/mol. The molecule has 1 aromatic carbocycles. The number of nitrogens with zero attached hydrogens (tertiary/aromatic N) is 1. The Morgan fingerprint density at radius 1 is 1.29 bits per heavy atom. The van der Waals surface area contributed by atoms with Crippen molar-refractivity contribution in [2.75, 3.05) is 11.5 Å². The molecule has 2 saturated heterocycles. The number of thiocarbonyl (C=S) groups is 1. The van der Waals surface area contributed by atoms with Crippen molar-refractivity contribution < 1.29 is 18.3 Å². The number of furan rings is 1. The van der Waals surface area contributed by atoms with Crippen LogP contribution in [0.1, 0.15) is 12.2 Å². The summed E-state index contributed by atoms with van der Waals surface area (Å²) in [6.45, 7) is 0. The number of hydrogen-bond acceptors (Lipinski definition) is 6. The number of carbonyl (C=O) groups is 1. The summed E-state index contributed by atoms with van der Waals surface area (Å²) in [6.07, 6.45) is 2.16. The van der Waals surface area contributed by atoms with Crippen LogP contribution >= 0.6 is 57.8 Å². The molecule has 2 aliphatic rings. The summed E-state index contributed by atoms with van der Waals surface area (Å²) < 4.78 is 25.9. The lowest BCUT2D eigenvalue weighted by molar-refractivity contribution is -0.123. The van der Waals surface area contributed by atoms with Gasteiger partial charge in [0.05, 0.1) is 21.7 Å². The van der Waals surface area contributed by atoms with Crippen LogP contribution in [-0.2, 0) is 4.79 Å². The van der Waals surface area contributed by atoms with Crippen LogP contribution in [0.2, 0.25) is 10.0 Å². The van der Waals surface area contributed by atoms with E-state index in [-0.39, 0.29) is 17.7 Å². The van der Waals surface area contributed by atoms with Gasteiger partial charge in [-0.3, -0.25) is 18.8 Å². The summed E-state index contributed by atoms with van der Waals surface area (Å²) in [7, 11) is -2.62. The highest BCUT2D eigenvalue weighted by Crippen LogP contribution is 2.49. The molecule has 0 aliphatic carbocycles. The highest BCUT2D eigenvalue weighted by Gasteiger charge is 2.42. The summed E-state index contributed by atoms with van der Waals surface area (Å²) in [5.74, 6) is 1.26. The van der Waals surface area contributed by atoms with Crippen LogP contribution in [0.3, 0.4) is 0 Å². The van der Waals surface area contributed by atoms with Crippen molar-refractivity contribution in [3.05, 3.63) is 51.0 Å². The van der Waals surface area contributed by atoms with Gasteiger partial charge in [-0.25, -0.2) is 0 Å². The lowest BCUT2D eigenvalue weighted by Gasteiger charge is -2.28. The van der Waals surface area contributed by atoms with E-state index in [1.165, 1.54) is 16.7 Å². The maximum absolute atomic E-state index is 12.8. The van der Waals surface area contributed by atoms with E-state index in [1.54, 1.807) is 36.4 Å². The van der Waals surface area contributed by atoms with Crippen LogP contribution in [0.25, 0.3) is 17.4 Å². The van der Waals surface area contributed by atoms with E-state index in [0.717, 1.165) is 0 Å². The van der Waals surface area contributed by atoms with Crippen molar-refractivity contribution in [2.24, 2.45) is 0 Å². The molecule has 1 unspecified atom stereocenters. The third kappa shape index (κ3) is 4.00. The van der Waals surface area contributed by atoms with Gasteiger partial charge in [-0.05, 0) is 36.8 Å².